The van der Waals surface area contributed by atoms with Crippen molar-refractivity contribution in [1.82, 2.24) is 14.5 Å². The number of aromatic nitrogens is 2. The van der Waals surface area contributed by atoms with Crippen molar-refractivity contribution in [2.45, 2.75) is 64.0 Å². The lowest BCUT2D eigenvalue weighted by atomic mass is 9.76. The lowest BCUT2D eigenvalue weighted by molar-refractivity contribution is 0.0636. The van der Waals surface area contributed by atoms with Crippen LogP contribution >= 0.6 is 11.6 Å². The van der Waals surface area contributed by atoms with Gasteiger partial charge in [0, 0.05) is 36.0 Å². The molecule has 1 fully saturated rings. The Kier molecular flexibility index (Phi) is 5.15. The Hall–Kier alpha value is -2.34. The summed E-state index contributed by atoms with van der Waals surface area (Å²) in [6.45, 7) is 4.90. The van der Waals surface area contributed by atoms with Crippen molar-refractivity contribution in [3.63, 3.8) is 0 Å². The van der Waals surface area contributed by atoms with Crippen LogP contribution in [0.5, 0.6) is 5.75 Å². The Bertz CT molecular complexity index is 1010. The predicted molar refractivity (Wildman–Crippen MR) is 112 cm³/mol. The molecule has 1 saturated carbocycles. The van der Waals surface area contributed by atoms with Gasteiger partial charge in [-0.05, 0) is 44.4 Å². The number of carbonyl (C=O) groups is 1. The summed E-state index contributed by atoms with van der Waals surface area (Å²) in [7, 11) is 0. The van der Waals surface area contributed by atoms with Gasteiger partial charge in [0.25, 0.3) is 5.91 Å². The molecule has 2 aliphatic rings. The summed E-state index contributed by atoms with van der Waals surface area (Å²) in [6.07, 6.45) is 4.70. The van der Waals surface area contributed by atoms with Crippen molar-refractivity contribution in [2.24, 2.45) is 0 Å². The monoisotopic (exact) mass is 415 g/mol. The number of aromatic hydroxyl groups is 1. The number of nitrogens with zero attached hydrogens (tertiary/aromatic N) is 3. The van der Waals surface area contributed by atoms with Gasteiger partial charge in [-0.1, -0.05) is 36.6 Å². The summed E-state index contributed by atoms with van der Waals surface area (Å²) in [5.74, 6) is -0.290. The van der Waals surface area contributed by atoms with Gasteiger partial charge in [-0.3, -0.25) is 9.59 Å². The Morgan fingerprint density at radius 1 is 1.21 bits per heavy atom. The Morgan fingerprint density at radius 2 is 1.93 bits per heavy atom. The standard InChI is InChI=1S/C22H26ClN3O3/c1-14(2)25-10-11-26-17(24-20(28)19(27)18(26)21(25)29)13-22(8-3-4-9-22)15-6-5-7-16(23)12-15/h5-7,12,14,27H,3-4,8-11,13H2,1-2H3. The first kappa shape index (κ1) is 20.0. The van der Waals surface area contributed by atoms with Gasteiger partial charge in [-0.2, -0.15) is 4.98 Å². The summed E-state index contributed by atoms with van der Waals surface area (Å²) in [4.78, 5) is 31.3. The van der Waals surface area contributed by atoms with Crippen LogP contribution < -0.4 is 5.56 Å². The molecule has 2 heterocycles. The largest absolute Gasteiger partial charge is 0.501 e. The number of amides is 1. The minimum Gasteiger partial charge on any atom is -0.501 e. The molecule has 1 aliphatic carbocycles. The molecule has 2 aromatic rings. The fraction of sp³-hybridized carbons (Fsp3) is 0.500. The smallest absolute Gasteiger partial charge is 0.315 e. The zero-order valence-electron chi connectivity index (χ0n) is 16.8. The number of benzene rings is 1. The molecule has 1 N–H and O–H groups in total. The van der Waals surface area contributed by atoms with Gasteiger partial charge >= 0.3 is 5.56 Å². The highest BCUT2D eigenvalue weighted by Gasteiger charge is 2.39. The van der Waals surface area contributed by atoms with Gasteiger partial charge in [-0.15, -0.1) is 0 Å². The van der Waals surface area contributed by atoms with E-state index < -0.39 is 11.3 Å². The van der Waals surface area contributed by atoms with E-state index in [0.29, 0.717) is 30.4 Å². The third kappa shape index (κ3) is 3.44. The first-order chi connectivity index (χ1) is 13.8. The molecule has 1 aromatic heterocycles. The fourth-order valence-corrected chi connectivity index (χ4v) is 5.05. The van der Waals surface area contributed by atoms with Gasteiger partial charge in [0.05, 0.1) is 0 Å². The second-order valence-electron chi connectivity index (χ2n) is 8.45. The maximum Gasteiger partial charge on any atom is 0.315 e. The molecule has 1 aromatic carbocycles. The van der Waals surface area contributed by atoms with E-state index >= 15 is 0 Å². The zero-order chi connectivity index (χ0) is 20.8. The summed E-state index contributed by atoms with van der Waals surface area (Å²) in [5.41, 5.74) is 0.314. The quantitative estimate of drug-likeness (QED) is 0.828. The summed E-state index contributed by atoms with van der Waals surface area (Å²) in [5, 5.41) is 11.0. The molecule has 1 amide bonds. The molecule has 0 radical (unpaired) electrons. The van der Waals surface area contributed by atoms with Gasteiger partial charge in [0.1, 0.15) is 5.82 Å². The third-order valence-electron chi connectivity index (χ3n) is 6.38. The molecule has 0 saturated heterocycles. The van der Waals surface area contributed by atoms with Gasteiger partial charge in [0.15, 0.2) is 5.69 Å². The van der Waals surface area contributed by atoms with Crippen molar-refractivity contribution < 1.29 is 9.90 Å². The maximum atomic E-state index is 13.0. The molecule has 6 nitrogen and oxygen atoms in total. The number of halogens is 1. The lowest BCUT2D eigenvalue weighted by Gasteiger charge is -2.36. The number of fused-ring (bicyclic) bond motifs is 1. The first-order valence-corrected chi connectivity index (χ1v) is 10.6. The molecule has 29 heavy (non-hydrogen) atoms. The van der Waals surface area contributed by atoms with E-state index in [2.05, 4.69) is 11.1 Å². The van der Waals surface area contributed by atoms with E-state index in [1.165, 1.54) is 0 Å². The third-order valence-corrected chi connectivity index (χ3v) is 6.62. The minimum atomic E-state index is -0.732. The molecule has 0 bridgehead atoms. The second kappa shape index (κ2) is 7.48. The van der Waals surface area contributed by atoms with Crippen LogP contribution in [0.3, 0.4) is 0 Å². The molecule has 154 valence electrons. The zero-order valence-corrected chi connectivity index (χ0v) is 17.6. The molecule has 1 aliphatic heterocycles. The van der Waals surface area contributed by atoms with Crippen molar-refractivity contribution >= 4 is 17.5 Å². The molecule has 0 spiro atoms. The summed E-state index contributed by atoms with van der Waals surface area (Å²) >= 11 is 6.26. The normalized spacial score (nSPS) is 18.3. The van der Waals surface area contributed by atoms with Crippen molar-refractivity contribution in [3.05, 3.63) is 56.7 Å². The van der Waals surface area contributed by atoms with Crippen LogP contribution in [0.15, 0.2) is 29.1 Å². The number of rotatable bonds is 4. The van der Waals surface area contributed by atoms with Gasteiger partial charge in [0.2, 0.25) is 5.75 Å². The van der Waals surface area contributed by atoms with Crippen LogP contribution in [-0.2, 0) is 18.4 Å². The molecule has 0 atom stereocenters. The highest BCUT2D eigenvalue weighted by molar-refractivity contribution is 6.30. The summed E-state index contributed by atoms with van der Waals surface area (Å²) in [6, 6.07) is 7.88. The van der Waals surface area contributed by atoms with Crippen LogP contribution in [-0.4, -0.2) is 38.1 Å². The SMILES string of the molecule is CC(C)N1CCn2c(CC3(c4cccc(Cl)c4)CCCC3)nc(=O)c(O)c2C1=O. The van der Waals surface area contributed by atoms with E-state index in [-0.39, 0.29) is 23.1 Å². The van der Waals surface area contributed by atoms with Crippen LogP contribution in [0, 0.1) is 0 Å². The number of carbonyl (C=O) groups excluding carboxylic acids is 1. The Labute approximate surface area is 175 Å². The molecule has 0 unspecified atom stereocenters. The number of hydrogen-bond acceptors (Lipinski definition) is 4. The second-order valence-corrected chi connectivity index (χ2v) is 8.89. The van der Waals surface area contributed by atoms with Crippen LogP contribution in [0.25, 0.3) is 0 Å². The Balaban J connectivity index is 1.81. The highest BCUT2D eigenvalue weighted by Crippen LogP contribution is 2.44. The predicted octanol–water partition coefficient (Wildman–Crippen LogP) is 3.52. The van der Waals surface area contributed by atoms with E-state index in [0.717, 1.165) is 31.2 Å². The lowest BCUT2D eigenvalue weighted by Crippen LogP contribution is -2.46. The maximum absolute atomic E-state index is 13.0. The van der Waals surface area contributed by atoms with Crippen molar-refractivity contribution in [3.8, 4) is 5.75 Å². The van der Waals surface area contributed by atoms with E-state index in [4.69, 9.17) is 11.6 Å². The first-order valence-electron chi connectivity index (χ1n) is 10.2. The molecular formula is C22H26ClN3O3. The summed E-state index contributed by atoms with van der Waals surface area (Å²) < 4.78 is 1.75. The van der Waals surface area contributed by atoms with E-state index in [9.17, 15) is 14.7 Å². The minimum absolute atomic E-state index is 0.00463. The van der Waals surface area contributed by atoms with Crippen LogP contribution in [0.2, 0.25) is 5.02 Å². The van der Waals surface area contributed by atoms with Gasteiger partial charge in [-0.25, -0.2) is 0 Å². The van der Waals surface area contributed by atoms with Crippen molar-refractivity contribution in [1.29, 1.82) is 0 Å². The topological polar surface area (TPSA) is 75.4 Å². The van der Waals surface area contributed by atoms with E-state index in [1.54, 1.807) is 9.47 Å². The average Bonchev–Trinajstić information content (AvgIpc) is 3.15. The van der Waals surface area contributed by atoms with E-state index in [1.807, 2.05) is 32.0 Å². The number of hydrogen-bond donors (Lipinski definition) is 1. The van der Waals surface area contributed by atoms with Gasteiger partial charge < -0.3 is 14.6 Å². The molecule has 4 rings (SSSR count). The highest BCUT2D eigenvalue weighted by atomic mass is 35.5. The average molecular weight is 416 g/mol. The molecule has 7 heteroatoms. The van der Waals surface area contributed by atoms with Crippen LogP contribution in [0.1, 0.15) is 61.4 Å². The fourth-order valence-electron chi connectivity index (χ4n) is 4.86. The Morgan fingerprint density at radius 3 is 2.59 bits per heavy atom. The van der Waals surface area contributed by atoms with Crippen LogP contribution in [0.4, 0.5) is 0 Å². The van der Waals surface area contributed by atoms with Crippen molar-refractivity contribution in [2.75, 3.05) is 6.54 Å². The molecular weight excluding hydrogens is 390 g/mol.